The number of aromatic nitrogens is 3. The number of sulfone groups is 1. The molecule has 3 rings (SSSR count). The molecule has 3 aromatic rings. The Morgan fingerprint density at radius 1 is 0.955 bits per heavy atom. The van der Waals surface area contributed by atoms with Crippen molar-refractivity contribution in [2.24, 2.45) is 0 Å². The normalized spacial score (nSPS) is 11.5. The summed E-state index contributed by atoms with van der Waals surface area (Å²) >= 11 is 0. The van der Waals surface area contributed by atoms with Crippen LogP contribution in [-0.2, 0) is 9.84 Å². The van der Waals surface area contributed by atoms with Gasteiger partial charge in [0.25, 0.3) is 0 Å². The van der Waals surface area contributed by atoms with Crippen molar-refractivity contribution >= 4 is 21.3 Å². The number of nitrogens with two attached hydrogens (primary N) is 2. The van der Waals surface area contributed by atoms with Crippen LogP contribution < -0.4 is 11.5 Å². The van der Waals surface area contributed by atoms with E-state index < -0.39 is 9.84 Å². The van der Waals surface area contributed by atoms with Crippen LogP contribution in [0.2, 0.25) is 0 Å². The molecule has 112 valence electrons. The molecule has 0 fully saturated rings. The summed E-state index contributed by atoms with van der Waals surface area (Å²) in [6, 6.07) is 14.7. The fraction of sp³-hybridized carbons (Fsp3) is 0. The van der Waals surface area contributed by atoms with Gasteiger partial charge in [-0.15, -0.1) is 5.10 Å². The second-order valence-electron chi connectivity index (χ2n) is 4.60. The largest absolute Gasteiger partial charge is 0.399 e. The molecule has 0 aliphatic carbocycles. The fourth-order valence-electron chi connectivity index (χ4n) is 2.03. The van der Waals surface area contributed by atoms with Gasteiger partial charge in [-0.25, -0.2) is 8.42 Å². The van der Waals surface area contributed by atoms with Crippen molar-refractivity contribution in [3.8, 4) is 5.69 Å². The van der Waals surface area contributed by atoms with E-state index in [2.05, 4.69) is 10.3 Å². The summed E-state index contributed by atoms with van der Waals surface area (Å²) in [6.45, 7) is 0. The second-order valence-corrected chi connectivity index (χ2v) is 6.47. The van der Waals surface area contributed by atoms with Gasteiger partial charge in [-0.3, -0.25) is 0 Å². The molecule has 0 spiro atoms. The highest BCUT2D eigenvalue weighted by molar-refractivity contribution is 7.91. The van der Waals surface area contributed by atoms with Crippen LogP contribution in [-0.4, -0.2) is 23.4 Å². The van der Waals surface area contributed by atoms with E-state index in [-0.39, 0.29) is 15.7 Å². The predicted octanol–water partition coefficient (Wildman–Crippen LogP) is 1.26. The first kappa shape index (κ1) is 14.1. The molecule has 0 atom stereocenters. The highest BCUT2D eigenvalue weighted by Gasteiger charge is 2.26. The quantitative estimate of drug-likeness (QED) is 0.703. The number of hydrogen-bond donors (Lipinski definition) is 2. The molecule has 22 heavy (non-hydrogen) atoms. The topological polar surface area (TPSA) is 117 Å². The van der Waals surface area contributed by atoms with E-state index >= 15 is 0 Å². The lowest BCUT2D eigenvalue weighted by Crippen LogP contribution is -2.08. The third kappa shape index (κ3) is 2.29. The molecule has 0 saturated heterocycles. The van der Waals surface area contributed by atoms with Crippen LogP contribution >= 0.6 is 0 Å². The highest BCUT2D eigenvalue weighted by atomic mass is 32.2. The number of nitrogen functional groups attached to an aromatic ring is 2. The summed E-state index contributed by atoms with van der Waals surface area (Å²) in [4.78, 5) is 0.112. The molecule has 0 radical (unpaired) electrons. The van der Waals surface area contributed by atoms with Crippen LogP contribution in [0.15, 0.2) is 64.5 Å². The fourth-order valence-corrected chi connectivity index (χ4v) is 3.27. The average molecular weight is 315 g/mol. The monoisotopic (exact) mass is 315 g/mol. The number of benzene rings is 2. The smallest absolute Gasteiger partial charge is 0.229 e. The maximum Gasteiger partial charge on any atom is 0.229 e. The van der Waals surface area contributed by atoms with E-state index in [1.54, 1.807) is 42.5 Å². The van der Waals surface area contributed by atoms with E-state index in [9.17, 15) is 8.42 Å². The van der Waals surface area contributed by atoms with Crippen molar-refractivity contribution in [1.82, 2.24) is 15.0 Å². The summed E-state index contributed by atoms with van der Waals surface area (Å²) in [7, 11) is -3.82. The minimum atomic E-state index is -3.82. The van der Waals surface area contributed by atoms with E-state index in [1.807, 2.05) is 0 Å². The first-order valence-corrected chi connectivity index (χ1v) is 7.85. The van der Waals surface area contributed by atoms with Crippen LogP contribution in [0.5, 0.6) is 0 Å². The Hall–Kier alpha value is -2.87. The summed E-state index contributed by atoms with van der Waals surface area (Å²) in [5, 5.41) is 7.28. The Morgan fingerprint density at radius 3 is 2.36 bits per heavy atom. The summed E-state index contributed by atoms with van der Waals surface area (Å²) in [5.41, 5.74) is 12.7. The van der Waals surface area contributed by atoms with Gasteiger partial charge in [0.2, 0.25) is 14.9 Å². The minimum absolute atomic E-state index is 0.0607. The van der Waals surface area contributed by atoms with E-state index in [0.29, 0.717) is 11.4 Å². The Bertz CT molecular complexity index is 919. The number of rotatable bonds is 3. The molecule has 0 aliphatic heterocycles. The van der Waals surface area contributed by atoms with Gasteiger partial charge in [0.1, 0.15) is 0 Å². The summed E-state index contributed by atoms with van der Waals surface area (Å²) in [5.74, 6) is -0.0607. The molecule has 0 unspecified atom stereocenters. The van der Waals surface area contributed by atoms with Gasteiger partial charge >= 0.3 is 0 Å². The molecular weight excluding hydrogens is 302 g/mol. The Morgan fingerprint density at radius 2 is 1.68 bits per heavy atom. The third-order valence-corrected chi connectivity index (χ3v) is 4.79. The van der Waals surface area contributed by atoms with Crippen LogP contribution in [0.3, 0.4) is 0 Å². The Kier molecular flexibility index (Phi) is 3.30. The molecule has 0 aliphatic rings. The van der Waals surface area contributed by atoms with E-state index in [4.69, 9.17) is 11.5 Å². The molecule has 2 aromatic carbocycles. The molecule has 0 bridgehead atoms. The van der Waals surface area contributed by atoms with Crippen LogP contribution in [0.1, 0.15) is 0 Å². The van der Waals surface area contributed by atoms with Crippen molar-refractivity contribution in [3.05, 3.63) is 54.6 Å². The van der Waals surface area contributed by atoms with Crippen molar-refractivity contribution in [2.75, 3.05) is 11.5 Å². The van der Waals surface area contributed by atoms with Crippen LogP contribution in [0.25, 0.3) is 5.69 Å². The molecular formula is C14H13N5O2S. The molecule has 0 saturated carbocycles. The summed E-state index contributed by atoms with van der Waals surface area (Å²) < 4.78 is 26.3. The van der Waals surface area contributed by atoms with Crippen molar-refractivity contribution < 1.29 is 8.42 Å². The second kappa shape index (κ2) is 5.15. The molecule has 8 heteroatoms. The molecule has 1 aromatic heterocycles. The maximum absolute atomic E-state index is 12.5. The van der Waals surface area contributed by atoms with Gasteiger partial charge in [0, 0.05) is 5.69 Å². The first-order chi connectivity index (χ1) is 10.5. The lowest BCUT2D eigenvalue weighted by molar-refractivity contribution is 0.592. The number of nitrogens with zero attached hydrogens (tertiary/aromatic N) is 3. The van der Waals surface area contributed by atoms with Gasteiger partial charge in [-0.2, -0.15) is 4.68 Å². The van der Waals surface area contributed by atoms with E-state index in [0.717, 1.165) is 0 Å². The molecule has 7 nitrogen and oxygen atoms in total. The average Bonchev–Trinajstić information content (AvgIpc) is 2.90. The number of anilines is 2. The Labute approximate surface area is 127 Å². The Balaban J connectivity index is 2.12. The first-order valence-electron chi connectivity index (χ1n) is 6.37. The lowest BCUT2D eigenvalue weighted by Gasteiger charge is -2.05. The van der Waals surface area contributed by atoms with Gasteiger partial charge in [-0.1, -0.05) is 29.5 Å². The molecule has 0 amide bonds. The number of hydrogen-bond acceptors (Lipinski definition) is 6. The highest BCUT2D eigenvalue weighted by Crippen LogP contribution is 2.25. The SMILES string of the molecule is Nc1cccc(-n2nnc(S(=O)(=O)c3ccccc3)c2N)c1. The third-order valence-electron chi connectivity index (χ3n) is 3.10. The zero-order chi connectivity index (χ0) is 15.7. The predicted molar refractivity (Wildman–Crippen MR) is 82.1 cm³/mol. The molecule has 1 heterocycles. The lowest BCUT2D eigenvalue weighted by atomic mass is 10.3. The standard InChI is InChI=1S/C14H13N5O2S/c15-10-5-4-6-11(9-10)19-13(16)14(17-18-19)22(20,21)12-7-2-1-3-8-12/h1-9H,15-16H2. The summed E-state index contributed by atoms with van der Waals surface area (Å²) in [6.07, 6.45) is 0. The van der Waals surface area contributed by atoms with Gasteiger partial charge in [0.15, 0.2) is 5.82 Å². The van der Waals surface area contributed by atoms with Crippen molar-refractivity contribution in [2.45, 2.75) is 9.92 Å². The van der Waals surface area contributed by atoms with Gasteiger partial charge in [0.05, 0.1) is 10.6 Å². The zero-order valence-corrected chi connectivity index (χ0v) is 12.2. The maximum atomic E-state index is 12.5. The van der Waals surface area contributed by atoms with Crippen molar-refractivity contribution in [1.29, 1.82) is 0 Å². The van der Waals surface area contributed by atoms with Crippen molar-refractivity contribution in [3.63, 3.8) is 0 Å². The van der Waals surface area contributed by atoms with Crippen LogP contribution in [0.4, 0.5) is 11.5 Å². The molecule has 4 N–H and O–H groups in total. The van der Waals surface area contributed by atoms with Crippen LogP contribution in [0, 0.1) is 0 Å². The van der Waals surface area contributed by atoms with E-state index in [1.165, 1.54) is 16.8 Å². The van der Waals surface area contributed by atoms with Gasteiger partial charge < -0.3 is 11.5 Å². The zero-order valence-electron chi connectivity index (χ0n) is 11.4. The minimum Gasteiger partial charge on any atom is -0.399 e. The van der Waals surface area contributed by atoms with Gasteiger partial charge in [-0.05, 0) is 30.3 Å².